The van der Waals surface area contributed by atoms with Crippen LogP contribution in [0.25, 0.3) is 0 Å². The van der Waals surface area contributed by atoms with Gasteiger partial charge in [0.2, 0.25) is 5.89 Å². The summed E-state index contributed by atoms with van der Waals surface area (Å²) in [6.45, 7) is 3.03. The van der Waals surface area contributed by atoms with Gasteiger partial charge in [-0.3, -0.25) is 4.79 Å². The van der Waals surface area contributed by atoms with Crippen molar-refractivity contribution in [1.82, 2.24) is 19.9 Å². The van der Waals surface area contributed by atoms with Crippen LogP contribution >= 0.6 is 23.2 Å². The lowest BCUT2D eigenvalue weighted by atomic mass is 9.90. The first-order valence-corrected chi connectivity index (χ1v) is 11.1. The highest BCUT2D eigenvalue weighted by atomic mass is 35.5. The number of benzene rings is 1. The zero-order valence-corrected chi connectivity index (χ0v) is 18.8. The minimum atomic E-state index is -4.57. The smallest absolute Gasteiger partial charge is 0.391 e. The van der Waals surface area contributed by atoms with Gasteiger partial charge in [0.1, 0.15) is 11.9 Å². The molecular formula is C18H16Cl2FN5O5S. The molecule has 32 heavy (non-hydrogen) atoms. The summed E-state index contributed by atoms with van der Waals surface area (Å²) in [5.41, 5.74) is 5.21. The second-order valence-corrected chi connectivity index (χ2v) is 9.25. The van der Waals surface area contributed by atoms with E-state index in [1.807, 2.05) is 5.10 Å². The Labute approximate surface area is 191 Å². The molecule has 2 unspecified atom stereocenters. The molecule has 14 heteroatoms. The van der Waals surface area contributed by atoms with Crippen LogP contribution in [-0.2, 0) is 10.0 Å². The minimum Gasteiger partial charge on any atom is -0.391 e. The Morgan fingerprint density at radius 3 is 2.62 bits per heavy atom. The van der Waals surface area contributed by atoms with E-state index in [0.29, 0.717) is 5.56 Å². The molecule has 3 aromatic rings. The summed E-state index contributed by atoms with van der Waals surface area (Å²) in [5.74, 6) is -4.06. The Kier molecular flexibility index (Phi) is 6.69. The molecule has 2 atom stereocenters. The van der Waals surface area contributed by atoms with Crippen LogP contribution in [-0.4, -0.2) is 29.5 Å². The first-order chi connectivity index (χ1) is 14.9. The van der Waals surface area contributed by atoms with Crippen LogP contribution in [0, 0.1) is 12.7 Å². The maximum atomic E-state index is 14.7. The van der Waals surface area contributed by atoms with Crippen LogP contribution in [0.4, 0.5) is 4.39 Å². The fraction of sp³-hybridized carbons (Fsp3) is 0.222. The van der Waals surface area contributed by atoms with Crippen molar-refractivity contribution in [3.05, 3.63) is 73.4 Å². The van der Waals surface area contributed by atoms with E-state index >= 15 is 0 Å². The van der Waals surface area contributed by atoms with Crippen molar-refractivity contribution < 1.29 is 22.0 Å². The third-order valence-corrected chi connectivity index (χ3v) is 6.71. The Morgan fingerprint density at radius 1 is 1.34 bits per heavy atom. The number of aromatic nitrogens is 3. The topological polar surface area (TPSA) is 161 Å². The van der Waals surface area contributed by atoms with E-state index in [9.17, 15) is 22.4 Å². The van der Waals surface area contributed by atoms with Gasteiger partial charge in [0.15, 0.2) is 5.03 Å². The van der Waals surface area contributed by atoms with Gasteiger partial charge in [-0.1, -0.05) is 30.1 Å². The van der Waals surface area contributed by atoms with Crippen molar-refractivity contribution in [3.8, 4) is 0 Å². The molecule has 1 amide bonds. The van der Waals surface area contributed by atoms with Gasteiger partial charge in [-0.2, -0.15) is 4.72 Å². The maximum Gasteiger partial charge on any atom is 0.434 e. The van der Waals surface area contributed by atoms with Crippen molar-refractivity contribution in [1.29, 1.82) is 0 Å². The number of nitrogens with two attached hydrogens (primary N) is 1. The normalized spacial score (nSPS) is 13.7. The number of carbonyl (C=O) groups excluding carboxylic acids is 1. The number of aromatic amines is 1. The van der Waals surface area contributed by atoms with E-state index in [1.54, 1.807) is 6.92 Å². The predicted octanol–water partition coefficient (Wildman–Crippen LogP) is 2.43. The number of pyridine rings is 1. The van der Waals surface area contributed by atoms with Crippen LogP contribution < -0.4 is 16.2 Å². The number of hydrogen-bond donors (Lipinski definition) is 3. The third-order valence-electron chi connectivity index (χ3n) is 4.69. The SMILES string of the molecule is Cc1c(Cl)ccc(F)c1C(C)C(NS(=O)(=O)c1ncc(Cl)cc1C(N)=O)c1n[nH]c(=O)o1. The average Bonchev–Trinajstić information content (AvgIpc) is 3.15. The summed E-state index contributed by atoms with van der Waals surface area (Å²) in [6, 6.07) is 2.12. The number of hydrogen-bond acceptors (Lipinski definition) is 7. The van der Waals surface area contributed by atoms with E-state index in [0.717, 1.165) is 18.3 Å². The molecule has 170 valence electrons. The summed E-state index contributed by atoms with van der Waals surface area (Å²) in [4.78, 5) is 27.0. The third kappa shape index (κ3) is 4.67. The second-order valence-electron chi connectivity index (χ2n) is 6.78. The van der Waals surface area contributed by atoms with Gasteiger partial charge < -0.3 is 10.2 Å². The predicted molar refractivity (Wildman–Crippen MR) is 113 cm³/mol. The van der Waals surface area contributed by atoms with Crippen molar-refractivity contribution in [2.75, 3.05) is 0 Å². The maximum absolute atomic E-state index is 14.7. The highest BCUT2D eigenvalue weighted by Crippen LogP contribution is 2.36. The summed E-state index contributed by atoms with van der Waals surface area (Å²) < 4.78 is 48.1. The van der Waals surface area contributed by atoms with E-state index in [4.69, 9.17) is 33.4 Å². The largest absolute Gasteiger partial charge is 0.434 e. The number of rotatable bonds is 7. The number of amides is 1. The van der Waals surface area contributed by atoms with Gasteiger partial charge in [-0.15, -0.1) is 5.10 Å². The number of sulfonamides is 1. The molecule has 0 spiro atoms. The van der Waals surface area contributed by atoms with Crippen molar-refractivity contribution in [2.45, 2.75) is 30.8 Å². The lowest BCUT2D eigenvalue weighted by Gasteiger charge is -2.24. The van der Waals surface area contributed by atoms with Gasteiger partial charge >= 0.3 is 5.76 Å². The number of H-pyrrole nitrogens is 1. The highest BCUT2D eigenvalue weighted by Gasteiger charge is 2.35. The number of primary amides is 1. The van der Waals surface area contributed by atoms with Gasteiger partial charge in [0.05, 0.1) is 10.6 Å². The first-order valence-electron chi connectivity index (χ1n) is 8.90. The van der Waals surface area contributed by atoms with Crippen LogP contribution in [0.3, 0.4) is 0 Å². The molecule has 2 heterocycles. The van der Waals surface area contributed by atoms with Crippen LogP contribution in [0.5, 0.6) is 0 Å². The number of carbonyl (C=O) groups is 1. The van der Waals surface area contributed by atoms with Crippen molar-refractivity contribution >= 4 is 39.1 Å². The molecule has 3 rings (SSSR count). The summed E-state index contributed by atoms with van der Waals surface area (Å²) in [6.07, 6.45) is 1.01. The van der Waals surface area contributed by atoms with Gasteiger partial charge in [0.25, 0.3) is 15.9 Å². The van der Waals surface area contributed by atoms with E-state index < -0.39 is 50.1 Å². The molecule has 0 aliphatic heterocycles. The zero-order chi connectivity index (χ0) is 23.8. The Bertz CT molecular complexity index is 1360. The Morgan fingerprint density at radius 2 is 2.03 bits per heavy atom. The molecule has 0 bridgehead atoms. The first kappa shape index (κ1) is 23.9. The van der Waals surface area contributed by atoms with E-state index in [1.165, 1.54) is 13.0 Å². The highest BCUT2D eigenvalue weighted by molar-refractivity contribution is 7.89. The Hall–Kier alpha value is -2.80. The van der Waals surface area contributed by atoms with Crippen LogP contribution in [0.15, 0.2) is 38.6 Å². The molecule has 0 saturated carbocycles. The molecule has 0 fully saturated rings. The Balaban J connectivity index is 2.14. The van der Waals surface area contributed by atoms with Crippen molar-refractivity contribution in [3.63, 3.8) is 0 Å². The van der Waals surface area contributed by atoms with E-state index in [-0.39, 0.29) is 21.5 Å². The molecule has 0 saturated heterocycles. The van der Waals surface area contributed by atoms with Gasteiger partial charge in [0, 0.05) is 17.1 Å². The average molecular weight is 504 g/mol. The number of nitrogens with zero attached hydrogens (tertiary/aromatic N) is 2. The number of nitrogens with one attached hydrogen (secondary N) is 2. The molecule has 0 aliphatic rings. The second kappa shape index (κ2) is 8.98. The summed E-state index contributed by atoms with van der Waals surface area (Å²) in [5, 5.41) is 5.21. The minimum absolute atomic E-state index is 0.0161. The molecule has 4 N–H and O–H groups in total. The van der Waals surface area contributed by atoms with Crippen LogP contribution in [0.1, 0.15) is 46.3 Å². The summed E-state index contributed by atoms with van der Waals surface area (Å²) >= 11 is 11.9. The van der Waals surface area contributed by atoms with Crippen molar-refractivity contribution in [2.24, 2.45) is 5.73 Å². The van der Waals surface area contributed by atoms with Crippen LogP contribution in [0.2, 0.25) is 10.0 Å². The standard InChI is InChI=1S/C18H16Cl2FN5O5S/c1-7-11(20)3-4-12(21)13(7)8(2)14(16-24-25-18(28)31-16)26-32(29,30)17-10(15(22)27)5-9(19)6-23-17/h3-6,8,14,26H,1-2H3,(H2,22,27)(H,25,28). The number of halogens is 3. The quantitative estimate of drug-likeness (QED) is 0.445. The molecule has 2 aromatic heterocycles. The lowest BCUT2D eigenvalue weighted by molar-refractivity contribution is 0.0996. The fourth-order valence-electron chi connectivity index (χ4n) is 3.18. The van der Waals surface area contributed by atoms with E-state index in [2.05, 4.69) is 14.8 Å². The molecule has 10 nitrogen and oxygen atoms in total. The molecule has 1 aromatic carbocycles. The fourth-order valence-corrected chi connectivity index (χ4v) is 4.89. The van der Waals surface area contributed by atoms with Gasteiger partial charge in [-0.25, -0.2) is 27.7 Å². The molecule has 0 aliphatic carbocycles. The summed E-state index contributed by atoms with van der Waals surface area (Å²) in [7, 11) is -4.57. The lowest BCUT2D eigenvalue weighted by Crippen LogP contribution is -2.34. The monoisotopic (exact) mass is 503 g/mol. The molecule has 0 radical (unpaired) electrons. The van der Waals surface area contributed by atoms with Gasteiger partial charge in [-0.05, 0) is 36.2 Å². The molecular weight excluding hydrogens is 488 g/mol. The zero-order valence-electron chi connectivity index (χ0n) is 16.5.